The fourth-order valence-electron chi connectivity index (χ4n) is 6.34. The molecule has 3 rings (SSSR count). The van der Waals surface area contributed by atoms with Gasteiger partial charge in [0.05, 0.1) is 19.5 Å². The molecule has 19 N–H and O–H groups in total. The first-order valence-electron chi connectivity index (χ1n) is 21.2. The number of phosphoric acid groups is 3. The summed E-state index contributed by atoms with van der Waals surface area (Å²) in [6.07, 6.45) is 10.1. The van der Waals surface area contributed by atoms with Gasteiger partial charge in [0.2, 0.25) is 11.8 Å². The van der Waals surface area contributed by atoms with Gasteiger partial charge in [-0.25, -0.2) is 19.3 Å². The molecule has 2 aromatic rings. The third-order valence-electron chi connectivity index (χ3n) is 9.89. The lowest BCUT2D eigenvalue weighted by molar-refractivity contribution is -0.247. The predicted octanol–water partition coefficient (Wildman–Crippen LogP) is 3.15. The van der Waals surface area contributed by atoms with Crippen LogP contribution < -0.4 is 49.5 Å². The molecule has 1 aliphatic rings. The van der Waals surface area contributed by atoms with E-state index < -0.39 is 84.6 Å². The first-order valence-corrected chi connectivity index (χ1v) is 26.6. The van der Waals surface area contributed by atoms with Crippen molar-refractivity contribution in [1.82, 2.24) is 48.6 Å². The van der Waals surface area contributed by atoms with Crippen LogP contribution in [0.2, 0.25) is 0 Å². The molecular formula is C37H73N10O17P3S. The van der Waals surface area contributed by atoms with Gasteiger partial charge in [0.25, 0.3) is 23.5 Å². The van der Waals surface area contributed by atoms with Gasteiger partial charge >= 0.3 is 0 Å². The van der Waals surface area contributed by atoms with Gasteiger partial charge < -0.3 is 82.9 Å². The molecule has 68 heavy (non-hydrogen) atoms. The summed E-state index contributed by atoms with van der Waals surface area (Å²) >= 11 is 1.14. The molecule has 3 heterocycles. The number of hydrogen-bond donors (Lipinski definition) is 9. The maximum atomic E-state index is 12.6. The number of nitrogens with two attached hydrogens (primary N) is 1. The lowest BCUT2D eigenvalue weighted by Crippen LogP contribution is -2.46. The van der Waals surface area contributed by atoms with E-state index in [-0.39, 0.29) is 60.1 Å². The zero-order valence-electron chi connectivity index (χ0n) is 39.6. The largest absolute Gasteiger partial charge is 0.756 e. The van der Waals surface area contributed by atoms with Gasteiger partial charge in [-0.05, 0) is 32.1 Å². The number of aliphatic hydroxyl groups excluding tert-OH is 2. The average Bonchev–Trinajstić information content (AvgIpc) is 3.79. The highest BCUT2D eigenvalue weighted by molar-refractivity contribution is 8.13. The molecule has 1 fully saturated rings. The normalized spacial score (nSPS) is 20.2. The number of amides is 2. The minimum atomic E-state index is -5.90. The molecule has 0 aliphatic carbocycles. The van der Waals surface area contributed by atoms with E-state index in [4.69, 9.17) is 10.5 Å². The van der Waals surface area contributed by atoms with Gasteiger partial charge in [-0.3, -0.25) is 32.6 Å². The SMILES string of the molecule is CCCCCC/C=C/CCCCCCCC(=O)SCCNC(=O)CCNC(=O)[C@H](O)C(C)(C)COP(=O)([O-])OP(=O)([O-])OC[C@H]1O[C@@H](n2cnc3c(N)ncnc32)[C@H](O)[C@@H]1OP(=O)([O-])O.[NH4+].[NH4+].[NH4+]. The summed E-state index contributed by atoms with van der Waals surface area (Å²) in [6, 6.07) is 0. The van der Waals surface area contributed by atoms with Gasteiger partial charge in [-0.2, -0.15) is 0 Å². The van der Waals surface area contributed by atoms with Crippen LogP contribution in [-0.2, 0) is 50.7 Å². The highest BCUT2D eigenvalue weighted by atomic mass is 32.2. The second-order valence-corrected chi connectivity index (χ2v) is 21.1. The van der Waals surface area contributed by atoms with E-state index >= 15 is 0 Å². The fourth-order valence-corrected chi connectivity index (χ4v) is 9.80. The van der Waals surface area contributed by atoms with Crippen molar-refractivity contribution in [2.45, 2.75) is 135 Å². The van der Waals surface area contributed by atoms with Crippen LogP contribution >= 0.6 is 35.2 Å². The zero-order valence-corrected chi connectivity index (χ0v) is 43.1. The van der Waals surface area contributed by atoms with Crippen molar-refractivity contribution in [3.8, 4) is 0 Å². The van der Waals surface area contributed by atoms with Gasteiger partial charge in [-0.15, -0.1) is 0 Å². The van der Waals surface area contributed by atoms with Crippen LogP contribution in [0, 0.1) is 5.41 Å². The van der Waals surface area contributed by atoms with Crippen molar-refractivity contribution in [2.75, 3.05) is 37.8 Å². The van der Waals surface area contributed by atoms with Gasteiger partial charge in [0, 0.05) is 37.1 Å². The van der Waals surface area contributed by atoms with E-state index in [2.05, 4.69) is 62.5 Å². The van der Waals surface area contributed by atoms with Crippen molar-refractivity contribution in [3.63, 3.8) is 0 Å². The number of anilines is 1. The minimum Gasteiger partial charge on any atom is -0.756 e. The first kappa shape index (κ1) is 65.2. The summed E-state index contributed by atoms with van der Waals surface area (Å²) in [5.41, 5.74) is 4.13. The molecule has 8 atom stereocenters. The second kappa shape index (κ2) is 31.5. The Hall–Kier alpha value is -2.82. The molecule has 27 nitrogen and oxygen atoms in total. The van der Waals surface area contributed by atoms with Gasteiger partial charge in [0.15, 0.2) is 22.8 Å². The van der Waals surface area contributed by atoms with Gasteiger partial charge in [-0.1, -0.05) is 83.2 Å². The lowest BCUT2D eigenvalue weighted by Gasteiger charge is -2.35. The quantitative estimate of drug-likeness (QED) is 0.0289. The summed E-state index contributed by atoms with van der Waals surface area (Å²) in [5.74, 6) is -1.12. The maximum absolute atomic E-state index is 12.6. The highest BCUT2D eigenvalue weighted by Crippen LogP contribution is 2.56. The smallest absolute Gasteiger partial charge is 0.274 e. The number of nitrogens with zero attached hydrogens (tertiary/aromatic N) is 4. The van der Waals surface area contributed by atoms with E-state index in [1.807, 2.05) is 0 Å². The molecule has 2 amide bonds. The number of carbonyl (C=O) groups excluding carboxylic acids is 3. The van der Waals surface area contributed by atoms with Crippen LogP contribution in [0.3, 0.4) is 0 Å². The van der Waals surface area contributed by atoms with Crippen molar-refractivity contribution in [2.24, 2.45) is 5.41 Å². The summed E-state index contributed by atoms with van der Waals surface area (Å²) in [4.78, 5) is 94.7. The number of rotatable bonds is 32. The van der Waals surface area contributed by atoms with Gasteiger partial charge in [0.1, 0.15) is 36.3 Å². The number of fused-ring (bicyclic) bond motifs is 1. The number of nitrogen functional groups attached to an aromatic ring is 1. The van der Waals surface area contributed by atoms with Crippen molar-refractivity contribution >= 4 is 69.1 Å². The molecule has 0 saturated carbocycles. The van der Waals surface area contributed by atoms with Crippen molar-refractivity contribution in [3.05, 3.63) is 24.8 Å². The molecular weight excluding hydrogens is 981 g/mol. The van der Waals surface area contributed by atoms with E-state index in [0.29, 0.717) is 12.2 Å². The monoisotopic (exact) mass is 1050 g/mol. The number of aromatic nitrogens is 4. The standard InChI is InChI=1S/C37H64N7O17P3S.3H3N/c1-4-5-6-7-8-9-10-11-12-13-14-15-16-17-28(46)65-21-20-39-27(45)18-19-40-35(49)32(48)37(2,3)23-58-64(55,56)61-63(53,54)57-22-26-31(60-62(50,51)52)30(47)36(59-26)44-25-43-29-33(38)41-24-42-34(29)44;;;/h9-10,24-26,30-32,36,47-48H,4-8,11-23H2,1-3H3,(H,39,45)(H,40,49)(H,53,54)(H,55,56)(H2,38,41,42)(H2,50,51,52);3*1H3/b10-9+;;;/t26-,30-,31-,32+,36-;;;/m1.../s1. The Morgan fingerprint density at radius 2 is 1.54 bits per heavy atom. The van der Waals surface area contributed by atoms with Crippen LogP contribution in [0.25, 0.3) is 11.2 Å². The van der Waals surface area contributed by atoms with Crippen molar-refractivity contribution in [1.29, 1.82) is 0 Å². The Kier molecular flexibility index (Phi) is 30.2. The number of hydrogen-bond acceptors (Lipinski definition) is 21. The number of quaternary nitrogens is 3. The van der Waals surface area contributed by atoms with E-state index in [0.717, 1.165) is 73.9 Å². The highest BCUT2D eigenvalue weighted by Gasteiger charge is 2.48. The van der Waals surface area contributed by atoms with E-state index in [1.54, 1.807) is 0 Å². The molecule has 31 heteroatoms. The van der Waals surface area contributed by atoms with Crippen LogP contribution in [0.1, 0.15) is 110 Å². The summed E-state index contributed by atoms with van der Waals surface area (Å²) < 4.78 is 61.1. The maximum Gasteiger partial charge on any atom is 0.274 e. The number of nitrogens with one attached hydrogen (secondary N) is 2. The molecule has 1 saturated heterocycles. The van der Waals surface area contributed by atoms with Crippen LogP contribution in [0.15, 0.2) is 24.8 Å². The number of carbonyl (C=O) groups is 3. The molecule has 0 bridgehead atoms. The molecule has 394 valence electrons. The average molecular weight is 1060 g/mol. The molecule has 1 aliphatic heterocycles. The van der Waals surface area contributed by atoms with Crippen LogP contribution in [0.5, 0.6) is 0 Å². The summed E-state index contributed by atoms with van der Waals surface area (Å²) in [7, 11) is -17.3. The molecule has 0 aromatic carbocycles. The summed E-state index contributed by atoms with van der Waals surface area (Å²) in [5, 5.41) is 26.5. The molecule has 0 radical (unpaired) electrons. The number of ether oxygens (including phenoxy) is 1. The second-order valence-electron chi connectivity index (χ2n) is 15.9. The molecule has 0 spiro atoms. The van der Waals surface area contributed by atoms with Crippen LogP contribution in [0.4, 0.5) is 5.82 Å². The van der Waals surface area contributed by atoms with Crippen LogP contribution in [-0.4, -0.2) is 108 Å². The van der Waals surface area contributed by atoms with Crippen molar-refractivity contribution < 1.29 is 80.5 Å². The third kappa shape index (κ3) is 23.4. The molecule has 3 unspecified atom stereocenters. The summed E-state index contributed by atoms with van der Waals surface area (Å²) in [6.45, 7) is 2.42. The number of aliphatic hydroxyl groups is 2. The number of imidazole rings is 1. The Balaban J connectivity index is 0.0000150. The number of unbranched alkanes of at least 4 members (excludes halogenated alkanes) is 9. The Morgan fingerprint density at radius 3 is 2.19 bits per heavy atom. The third-order valence-corrected chi connectivity index (χ3v) is 13.8. The van der Waals surface area contributed by atoms with E-state index in [9.17, 15) is 57.9 Å². The zero-order chi connectivity index (χ0) is 48.3. The Bertz CT molecular complexity index is 2020. The lowest BCUT2D eigenvalue weighted by atomic mass is 9.87. The number of phosphoric ester groups is 3. The fraction of sp³-hybridized carbons (Fsp3) is 0.730. The Morgan fingerprint density at radius 1 is 0.926 bits per heavy atom. The Labute approximate surface area is 400 Å². The number of allylic oxidation sites excluding steroid dienone is 2. The first-order chi connectivity index (χ1) is 30.6. The van der Waals surface area contributed by atoms with E-state index in [1.165, 1.54) is 39.5 Å². The minimum absolute atomic E-state index is 0. The number of thioether (sulfide) groups is 1. The predicted molar refractivity (Wildman–Crippen MR) is 249 cm³/mol. The topological polar surface area (TPSA) is 482 Å². The molecule has 2 aromatic heterocycles.